The summed E-state index contributed by atoms with van der Waals surface area (Å²) in [5, 5.41) is 0. The van der Waals surface area contributed by atoms with Gasteiger partial charge in [0.25, 0.3) is 5.91 Å². The highest BCUT2D eigenvalue weighted by Crippen LogP contribution is 2.16. The number of hydrogen-bond donors (Lipinski definition) is 0. The number of carbonyl (C=O) groups excluding carboxylic acids is 1. The zero-order valence-electron chi connectivity index (χ0n) is 13.0. The average Bonchev–Trinajstić information content (AvgIpc) is 2.92. The number of methoxy groups -OCH3 is 1. The zero-order chi connectivity index (χ0) is 15.5. The standard InChI is InChI=1S/C16H21N3O3/c1-12-10-18-6-3-4-14(15(18)17-12)16(20)19-7-9-22-13(11-19)5-8-21-2/h3-4,6,10,13H,5,7-9,11H2,1-2H3/t13-/m1/s1. The molecular formula is C16H21N3O3. The molecule has 22 heavy (non-hydrogen) atoms. The van der Waals surface area contributed by atoms with Crippen LogP contribution in [0.4, 0.5) is 0 Å². The molecule has 1 aliphatic rings. The van der Waals surface area contributed by atoms with Gasteiger partial charge >= 0.3 is 0 Å². The van der Waals surface area contributed by atoms with Crippen molar-refractivity contribution in [3.8, 4) is 0 Å². The highest BCUT2D eigenvalue weighted by Gasteiger charge is 2.26. The molecule has 1 aliphatic heterocycles. The number of rotatable bonds is 4. The minimum atomic E-state index is 0.0157. The summed E-state index contributed by atoms with van der Waals surface area (Å²) < 4.78 is 12.7. The highest BCUT2D eigenvalue weighted by molar-refractivity contribution is 5.99. The third kappa shape index (κ3) is 2.98. The van der Waals surface area contributed by atoms with E-state index in [0.29, 0.717) is 37.5 Å². The van der Waals surface area contributed by atoms with Crippen molar-refractivity contribution >= 4 is 11.6 Å². The number of aromatic nitrogens is 2. The Hall–Kier alpha value is -1.92. The minimum absolute atomic E-state index is 0.0157. The summed E-state index contributed by atoms with van der Waals surface area (Å²) in [6.45, 7) is 4.35. The maximum Gasteiger partial charge on any atom is 0.257 e. The van der Waals surface area contributed by atoms with Gasteiger partial charge in [-0.15, -0.1) is 0 Å². The Morgan fingerprint density at radius 1 is 1.55 bits per heavy atom. The van der Waals surface area contributed by atoms with Gasteiger partial charge in [-0.25, -0.2) is 4.98 Å². The number of carbonyl (C=O) groups is 1. The quantitative estimate of drug-likeness (QED) is 0.859. The summed E-state index contributed by atoms with van der Waals surface area (Å²) in [4.78, 5) is 19.1. The molecule has 2 aromatic rings. The molecule has 0 aromatic carbocycles. The second kappa shape index (κ2) is 6.46. The topological polar surface area (TPSA) is 56.1 Å². The molecule has 1 saturated heterocycles. The molecule has 0 unspecified atom stereocenters. The molecule has 6 nitrogen and oxygen atoms in total. The summed E-state index contributed by atoms with van der Waals surface area (Å²) in [7, 11) is 1.67. The molecule has 1 fully saturated rings. The lowest BCUT2D eigenvalue weighted by atomic mass is 10.1. The minimum Gasteiger partial charge on any atom is -0.385 e. The van der Waals surface area contributed by atoms with Crippen LogP contribution in [0.2, 0.25) is 0 Å². The Morgan fingerprint density at radius 2 is 2.41 bits per heavy atom. The number of ether oxygens (including phenoxy) is 2. The number of nitrogens with zero attached hydrogens (tertiary/aromatic N) is 3. The van der Waals surface area contributed by atoms with Crippen molar-refractivity contribution in [1.82, 2.24) is 14.3 Å². The van der Waals surface area contributed by atoms with Crippen LogP contribution in [-0.4, -0.2) is 59.7 Å². The molecule has 3 rings (SSSR count). The molecular weight excluding hydrogens is 282 g/mol. The fraction of sp³-hybridized carbons (Fsp3) is 0.500. The summed E-state index contributed by atoms with van der Waals surface area (Å²) in [6.07, 6.45) is 4.67. The number of aryl methyl sites for hydroxylation is 1. The molecule has 0 radical (unpaired) electrons. The van der Waals surface area contributed by atoms with Gasteiger partial charge in [-0.3, -0.25) is 4.79 Å². The molecule has 1 amide bonds. The first-order chi connectivity index (χ1) is 10.7. The van der Waals surface area contributed by atoms with E-state index in [4.69, 9.17) is 9.47 Å². The zero-order valence-corrected chi connectivity index (χ0v) is 13.0. The van der Waals surface area contributed by atoms with Crippen LogP contribution < -0.4 is 0 Å². The lowest BCUT2D eigenvalue weighted by Gasteiger charge is -2.33. The molecule has 1 atom stereocenters. The van der Waals surface area contributed by atoms with Gasteiger partial charge in [0.05, 0.1) is 24.0 Å². The first-order valence-electron chi connectivity index (χ1n) is 7.53. The van der Waals surface area contributed by atoms with E-state index in [9.17, 15) is 4.79 Å². The predicted octanol–water partition coefficient (Wildman–Crippen LogP) is 1.52. The number of amides is 1. The van der Waals surface area contributed by atoms with Crippen LogP contribution in [0.3, 0.4) is 0 Å². The number of imidazole rings is 1. The normalized spacial score (nSPS) is 18.8. The Labute approximate surface area is 129 Å². The van der Waals surface area contributed by atoms with Crippen LogP contribution in [0.1, 0.15) is 22.5 Å². The molecule has 0 aliphatic carbocycles. The van der Waals surface area contributed by atoms with E-state index in [1.165, 1.54) is 0 Å². The van der Waals surface area contributed by atoms with Crippen LogP contribution in [-0.2, 0) is 9.47 Å². The van der Waals surface area contributed by atoms with Crippen molar-refractivity contribution in [1.29, 1.82) is 0 Å². The smallest absolute Gasteiger partial charge is 0.257 e. The third-order valence-corrected chi connectivity index (χ3v) is 3.90. The van der Waals surface area contributed by atoms with Crippen LogP contribution >= 0.6 is 0 Å². The largest absolute Gasteiger partial charge is 0.385 e. The van der Waals surface area contributed by atoms with E-state index in [1.54, 1.807) is 7.11 Å². The van der Waals surface area contributed by atoms with Crippen molar-refractivity contribution in [3.63, 3.8) is 0 Å². The van der Waals surface area contributed by atoms with Crippen LogP contribution in [0.25, 0.3) is 5.65 Å². The van der Waals surface area contributed by atoms with Gasteiger partial charge in [0.15, 0.2) is 0 Å². The summed E-state index contributed by atoms with van der Waals surface area (Å²) in [5.41, 5.74) is 2.26. The molecule has 0 N–H and O–H groups in total. The summed E-state index contributed by atoms with van der Waals surface area (Å²) in [6, 6.07) is 3.72. The number of fused-ring (bicyclic) bond motifs is 1. The van der Waals surface area contributed by atoms with E-state index in [2.05, 4.69) is 4.98 Å². The summed E-state index contributed by atoms with van der Waals surface area (Å²) >= 11 is 0. The third-order valence-electron chi connectivity index (χ3n) is 3.90. The molecule has 2 aromatic heterocycles. The van der Waals surface area contributed by atoms with E-state index in [1.807, 2.05) is 40.8 Å². The van der Waals surface area contributed by atoms with Crippen molar-refractivity contribution < 1.29 is 14.3 Å². The average molecular weight is 303 g/mol. The van der Waals surface area contributed by atoms with Crippen molar-refractivity contribution in [2.24, 2.45) is 0 Å². The van der Waals surface area contributed by atoms with Gasteiger partial charge < -0.3 is 18.8 Å². The lowest BCUT2D eigenvalue weighted by Crippen LogP contribution is -2.46. The van der Waals surface area contributed by atoms with Gasteiger partial charge in [-0.1, -0.05) is 0 Å². The molecule has 0 spiro atoms. The monoisotopic (exact) mass is 303 g/mol. The van der Waals surface area contributed by atoms with Gasteiger partial charge in [0.2, 0.25) is 0 Å². The van der Waals surface area contributed by atoms with E-state index in [0.717, 1.165) is 12.1 Å². The maximum absolute atomic E-state index is 12.8. The van der Waals surface area contributed by atoms with Crippen molar-refractivity contribution in [2.45, 2.75) is 19.4 Å². The number of hydrogen-bond acceptors (Lipinski definition) is 4. The second-order valence-electron chi connectivity index (χ2n) is 5.56. The van der Waals surface area contributed by atoms with E-state index in [-0.39, 0.29) is 12.0 Å². The number of morpholine rings is 1. The fourth-order valence-electron chi connectivity index (χ4n) is 2.80. The van der Waals surface area contributed by atoms with Gasteiger partial charge in [-0.05, 0) is 25.5 Å². The van der Waals surface area contributed by atoms with Crippen LogP contribution in [0.15, 0.2) is 24.5 Å². The highest BCUT2D eigenvalue weighted by atomic mass is 16.5. The van der Waals surface area contributed by atoms with Crippen molar-refractivity contribution in [2.75, 3.05) is 33.4 Å². The Morgan fingerprint density at radius 3 is 3.23 bits per heavy atom. The molecule has 118 valence electrons. The van der Waals surface area contributed by atoms with E-state index < -0.39 is 0 Å². The Balaban J connectivity index is 1.80. The first-order valence-corrected chi connectivity index (χ1v) is 7.53. The number of pyridine rings is 1. The van der Waals surface area contributed by atoms with Crippen molar-refractivity contribution in [3.05, 3.63) is 35.8 Å². The lowest BCUT2D eigenvalue weighted by molar-refractivity contribution is -0.0332. The predicted molar refractivity (Wildman–Crippen MR) is 82.1 cm³/mol. The molecule has 3 heterocycles. The van der Waals surface area contributed by atoms with Crippen LogP contribution in [0.5, 0.6) is 0 Å². The van der Waals surface area contributed by atoms with Crippen LogP contribution in [0, 0.1) is 6.92 Å². The SMILES string of the molecule is COCC[C@@H]1CN(C(=O)c2cccn3cc(C)nc23)CCO1. The fourth-order valence-corrected chi connectivity index (χ4v) is 2.80. The second-order valence-corrected chi connectivity index (χ2v) is 5.56. The Bertz CT molecular complexity index is 668. The first kappa shape index (κ1) is 15.0. The van der Waals surface area contributed by atoms with Gasteiger partial charge in [0.1, 0.15) is 5.65 Å². The molecule has 0 saturated carbocycles. The van der Waals surface area contributed by atoms with Gasteiger partial charge in [-0.2, -0.15) is 0 Å². The molecule has 6 heteroatoms. The van der Waals surface area contributed by atoms with Gasteiger partial charge in [0, 0.05) is 39.2 Å². The molecule has 0 bridgehead atoms. The Kier molecular flexibility index (Phi) is 4.40. The maximum atomic E-state index is 12.8. The summed E-state index contributed by atoms with van der Waals surface area (Å²) in [5.74, 6) is 0.0157. The van der Waals surface area contributed by atoms with E-state index >= 15 is 0 Å².